The van der Waals surface area contributed by atoms with Gasteiger partial charge in [-0.1, -0.05) is 23.5 Å². The first-order valence-corrected chi connectivity index (χ1v) is 9.48. The Kier molecular flexibility index (Phi) is 4.29. The Bertz CT molecular complexity index is 916. The van der Waals surface area contributed by atoms with Crippen molar-refractivity contribution in [2.45, 2.75) is 18.8 Å². The van der Waals surface area contributed by atoms with Crippen molar-refractivity contribution < 1.29 is 9.59 Å². The average Bonchev–Trinajstić information content (AvgIpc) is 3.11. The number of amides is 2. The van der Waals surface area contributed by atoms with Crippen molar-refractivity contribution in [1.82, 2.24) is 10.2 Å². The monoisotopic (exact) mass is 370 g/mol. The van der Waals surface area contributed by atoms with Crippen LogP contribution in [0.1, 0.15) is 43.8 Å². The molecule has 0 radical (unpaired) electrons. The molecule has 0 unspecified atom stereocenters. The van der Waals surface area contributed by atoms with E-state index in [0.717, 1.165) is 17.8 Å². The Morgan fingerprint density at radius 3 is 2.68 bits per heavy atom. The number of nitrogens with one attached hydrogen (secondary N) is 2. The molecule has 6 nitrogen and oxygen atoms in total. The highest BCUT2D eigenvalue weighted by molar-refractivity contribution is 7.15. The lowest BCUT2D eigenvalue weighted by Gasteiger charge is -2.06. The zero-order valence-electron chi connectivity index (χ0n) is 13.1. The molecule has 0 aliphatic heterocycles. The average molecular weight is 370 g/mol. The third-order valence-electron chi connectivity index (χ3n) is 3.72. The second-order valence-corrected chi connectivity index (χ2v) is 7.64. The minimum Gasteiger partial charge on any atom is -0.321 e. The lowest BCUT2D eigenvalue weighted by atomic mass is 10.2. The van der Waals surface area contributed by atoms with Crippen LogP contribution in [0.25, 0.3) is 0 Å². The number of hydrogen-bond acceptors (Lipinski definition) is 6. The molecule has 126 valence electrons. The van der Waals surface area contributed by atoms with Gasteiger partial charge in [0.15, 0.2) is 0 Å². The van der Waals surface area contributed by atoms with E-state index in [9.17, 15) is 9.59 Å². The van der Waals surface area contributed by atoms with Crippen LogP contribution in [0, 0.1) is 0 Å². The van der Waals surface area contributed by atoms with Gasteiger partial charge in [0.2, 0.25) is 5.13 Å². The van der Waals surface area contributed by atoms with Crippen molar-refractivity contribution >= 4 is 45.3 Å². The quantitative estimate of drug-likeness (QED) is 0.711. The molecule has 0 spiro atoms. The molecule has 2 N–H and O–H groups in total. The van der Waals surface area contributed by atoms with Crippen LogP contribution in [-0.2, 0) is 0 Å². The molecule has 2 aromatic heterocycles. The minimum absolute atomic E-state index is 0.189. The van der Waals surface area contributed by atoms with Crippen LogP contribution in [0.4, 0.5) is 10.8 Å². The predicted molar refractivity (Wildman–Crippen MR) is 98.6 cm³/mol. The molecule has 1 fully saturated rings. The third kappa shape index (κ3) is 3.75. The van der Waals surface area contributed by atoms with Crippen LogP contribution >= 0.6 is 22.7 Å². The molecule has 3 aromatic rings. The Morgan fingerprint density at radius 1 is 1.04 bits per heavy atom. The number of nitrogens with zero attached hydrogens (tertiary/aromatic N) is 2. The van der Waals surface area contributed by atoms with Crippen LogP contribution in [-0.4, -0.2) is 22.0 Å². The van der Waals surface area contributed by atoms with Crippen molar-refractivity contribution in [2.24, 2.45) is 0 Å². The van der Waals surface area contributed by atoms with Gasteiger partial charge in [-0.2, -0.15) is 0 Å². The molecule has 0 saturated heterocycles. The largest absolute Gasteiger partial charge is 0.321 e. The number of carbonyl (C=O) groups is 2. The van der Waals surface area contributed by atoms with E-state index in [0.29, 0.717) is 27.2 Å². The SMILES string of the molecule is O=C(Nc1nnc(C2CC2)s1)c1cccc(NC(=O)c2cccs2)c1. The summed E-state index contributed by atoms with van der Waals surface area (Å²) in [6, 6.07) is 10.4. The molecule has 1 aromatic carbocycles. The zero-order chi connectivity index (χ0) is 17.2. The van der Waals surface area contributed by atoms with E-state index < -0.39 is 0 Å². The number of benzene rings is 1. The van der Waals surface area contributed by atoms with Crippen LogP contribution < -0.4 is 10.6 Å². The van der Waals surface area contributed by atoms with Gasteiger partial charge in [-0.15, -0.1) is 21.5 Å². The van der Waals surface area contributed by atoms with Crippen LogP contribution in [0.5, 0.6) is 0 Å². The van der Waals surface area contributed by atoms with Gasteiger partial charge in [0.25, 0.3) is 11.8 Å². The number of hydrogen-bond donors (Lipinski definition) is 2. The van der Waals surface area contributed by atoms with Gasteiger partial charge in [-0.3, -0.25) is 14.9 Å². The highest BCUT2D eigenvalue weighted by Gasteiger charge is 2.27. The summed E-state index contributed by atoms with van der Waals surface area (Å²) >= 11 is 2.78. The molecule has 2 amide bonds. The molecule has 1 aliphatic rings. The number of carbonyl (C=O) groups excluding carboxylic acids is 2. The molecule has 1 saturated carbocycles. The standard InChI is InChI=1S/C17H14N4O2S2/c22-14(19-17-21-20-16(25-17)10-6-7-10)11-3-1-4-12(9-11)18-15(23)13-5-2-8-24-13/h1-5,8-10H,6-7H2,(H,18,23)(H,19,21,22). The number of aromatic nitrogens is 2. The van der Waals surface area contributed by atoms with Gasteiger partial charge in [-0.05, 0) is 42.5 Å². The molecule has 1 aliphatic carbocycles. The van der Waals surface area contributed by atoms with Crippen LogP contribution in [0.2, 0.25) is 0 Å². The smallest absolute Gasteiger partial charge is 0.265 e. The van der Waals surface area contributed by atoms with Gasteiger partial charge < -0.3 is 5.32 Å². The van der Waals surface area contributed by atoms with Crippen molar-refractivity contribution in [3.8, 4) is 0 Å². The molecular formula is C17H14N4O2S2. The first-order chi connectivity index (χ1) is 12.2. The molecule has 0 atom stereocenters. The highest BCUT2D eigenvalue weighted by Crippen LogP contribution is 2.42. The lowest BCUT2D eigenvalue weighted by Crippen LogP contribution is -2.14. The maximum absolute atomic E-state index is 12.4. The van der Waals surface area contributed by atoms with Gasteiger partial charge in [-0.25, -0.2) is 0 Å². The summed E-state index contributed by atoms with van der Waals surface area (Å²) in [5.41, 5.74) is 1.02. The molecule has 4 rings (SSSR count). The lowest BCUT2D eigenvalue weighted by molar-refractivity contribution is 0.101. The topological polar surface area (TPSA) is 84.0 Å². The van der Waals surface area contributed by atoms with Crippen molar-refractivity contribution in [3.63, 3.8) is 0 Å². The van der Waals surface area contributed by atoms with Gasteiger partial charge >= 0.3 is 0 Å². The fourth-order valence-corrected chi connectivity index (χ4v) is 3.81. The van der Waals surface area contributed by atoms with E-state index in [1.807, 2.05) is 11.4 Å². The number of rotatable bonds is 5. The Hall–Kier alpha value is -2.58. The molecule has 8 heteroatoms. The third-order valence-corrected chi connectivity index (χ3v) is 5.59. The summed E-state index contributed by atoms with van der Waals surface area (Å²) in [6.07, 6.45) is 2.29. The minimum atomic E-state index is -0.272. The van der Waals surface area contributed by atoms with Crippen molar-refractivity contribution in [1.29, 1.82) is 0 Å². The second-order valence-electron chi connectivity index (χ2n) is 5.69. The first kappa shape index (κ1) is 15.9. The van der Waals surface area contributed by atoms with Gasteiger partial charge in [0, 0.05) is 17.2 Å². The van der Waals surface area contributed by atoms with Crippen molar-refractivity contribution in [3.05, 3.63) is 57.2 Å². The summed E-state index contributed by atoms with van der Waals surface area (Å²) < 4.78 is 0. The zero-order valence-corrected chi connectivity index (χ0v) is 14.7. The summed E-state index contributed by atoms with van der Waals surface area (Å²) in [7, 11) is 0. The Balaban J connectivity index is 1.44. The Labute approximate surface area is 151 Å². The van der Waals surface area contributed by atoms with E-state index in [4.69, 9.17) is 0 Å². The van der Waals surface area contributed by atoms with Gasteiger partial charge in [0.1, 0.15) is 5.01 Å². The van der Waals surface area contributed by atoms with E-state index >= 15 is 0 Å². The van der Waals surface area contributed by atoms with Gasteiger partial charge in [0.05, 0.1) is 4.88 Å². The normalized spacial score (nSPS) is 13.4. The van der Waals surface area contributed by atoms with E-state index in [1.165, 1.54) is 22.7 Å². The fourth-order valence-electron chi connectivity index (χ4n) is 2.29. The summed E-state index contributed by atoms with van der Waals surface area (Å²) in [5, 5.41) is 17.0. The van der Waals surface area contributed by atoms with E-state index in [2.05, 4.69) is 20.8 Å². The summed E-state index contributed by atoms with van der Waals surface area (Å²) in [5.74, 6) is 0.0513. The fraction of sp³-hybridized carbons (Fsp3) is 0.176. The second kappa shape index (κ2) is 6.73. The van der Waals surface area contributed by atoms with E-state index in [-0.39, 0.29) is 11.8 Å². The summed E-state index contributed by atoms with van der Waals surface area (Å²) in [6.45, 7) is 0. The highest BCUT2D eigenvalue weighted by atomic mass is 32.1. The van der Waals surface area contributed by atoms with Crippen LogP contribution in [0.3, 0.4) is 0 Å². The van der Waals surface area contributed by atoms with Crippen LogP contribution in [0.15, 0.2) is 41.8 Å². The molecular weight excluding hydrogens is 356 g/mol. The molecule has 0 bridgehead atoms. The maximum Gasteiger partial charge on any atom is 0.265 e. The molecule has 25 heavy (non-hydrogen) atoms. The number of thiophene rings is 1. The summed E-state index contributed by atoms with van der Waals surface area (Å²) in [4.78, 5) is 25.1. The number of anilines is 2. The maximum atomic E-state index is 12.4. The van der Waals surface area contributed by atoms with Crippen molar-refractivity contribution in [2.75, 3.05) is 10.6 Å². The predicted octanol–water partition coefficient (Wildman–Crippen LogP) is 3.98. The molecule has 2 heterocycles. The first-order valence-electron chi connectivity index (χ1n) is 7.79. The van der Waals surface area contributed by atoms with E-state index in [1.54, 1.807) is 30.3 Å². The Morgan fingerprint density at radius 2 is 1.92 bits per heavy atom.